The van der Waals surface area contributed by atoms with Gasteiger partial charge in [-0.25, -0.2) is 0 Å². The van der Waals surface area contributed by atoms with Crippen LogP contribution >= 0.6 is 0 Å². The lowest BCUT2D eigenvalue weighted by atomic mass is 9.70. The van der Waals surface area contributed by atoms with Crippen LogP contribution in [0.25, 0.3) is 21.5 Å². The minimum atomic E-state index is -0.958. The van der Waals surface area contributed by atoms with Crippen molar-refractivity contribution < 1.29 is 62.5 Å². The number of hydrogen-bond acceptors (Lipinski definition) is 16. The van der Waals surface area contributed by atoms with E-state index in [1.807, 2.05) is 49.1 Å². The largest absolute Gasteiger partial charge is 0.496 e. The molecule has 2 aromatic heterocycles. The smallest absolute Gasteiger partial charge is 0.238 e. The van der Waals surface area contributed by atoms with Crippen LogP contribution < -0.4 is 29.6 Å². The monoisotopic (exact) mass is 1010 g/mol. The second-order valence-corrected chi connectivity index (χ2v) is 18.3. The van der Waals surface area contributed by atoms with E-state index in [2.05, 4.69) is 44.5 Å². The first-order chi connectivity index (χ1) is 34.8. The fraction of sp³-hybridized carbons (Fsp3) is 0.444. The molecule has 2 aliphatic carbocycles. The molecule has 4 aromatic rings. The highest BCUT2D eigenvalue weighted by molar-refractivity contribution is 6.11. The molecule has 2 saturated heterocycles. The van der Waals surface area contributed by atoms with E-state index in [9.17, 15) is 19.2 Å². The lowest BCUT2D eigenvalue weighted by Crippen LogP contribution is -2.37. The van der Waals surface area contributed by atoms with Crippen LogP contribution in [0.15, 0.2) is 96.4 Å². The van der Waals surface area contributed by atoms with Gasteiger partial charge < -0.3 is 53.2 Å². The predicted octanol–water partition coefficient (Wildman–Crippen LogP) is 4.85. The minimum absolute atomic E-state index is 0. The van der Waals surface area contributed by atoms with E-state index in [1.54, 1.807) is 52.7 Å². The zero-order chi connectivity index (χ0) is 51.7. The van der Waals surface area contributed by atoms with E-state index in [4.69, 9.17) is 37.9 Å². The molecule has 0 spiro atoms. The molecule has 19 heteroatoms. The Hall–Kier alpha value is -7.22. The van der Waals surface area contributed by atoms with Crippen LogP contribution in [-0.2, 0) is 51.0 Å². The molecule has 4 amide bonds. The predicted molar refractivity (Wildman–Crippen MR) is 273 cm³/mol. The van der Waals surface area contributed by atoms with E-state index < -0.39 is 22.7 Å². The van der Waals surface area contributed by atoms with Crippen LogP contribution in [0.4, 0.5) is 0 Å². The molecule has 0 radical (unpaired) electrons. The number of likely N-dealkylation sites (N-methyl/N-ethyl adjacent to an activating group) is 2. The van der Waals surface area contributed by atoms with Gasteiger partial charge in [0, 0.05) is 48.6 Å². The van der Waals surface area contributed by atoms with Crippen molar-refractivity contribution in [1.29, 1.82) is 0 Å². The van der Waals surface area contributed by atoms with Crippen molar-refractivity contribution in [2.24, 2.45) is 22.7 Å². The van der Waals surface area contributed by atoms with Crippen molar-refractivity contribution in [3.05, 3.63) is 108 Å². The summed E-state index contributed by atoms with van der Waals surface area (Å²) in [7, 11) is 16.6. The number of carbonyl (C=O) groups excluding carboxylic acids is 4. The van der Waals surface area contributed by atoms with Gasteiger partial charge >= 0.3 is 0 Å². The number of rotatable bonds is 22. The van der Waals surface area contributed by atoms with E-state index in [-0.39, 0.29) is 29.1 Å². The number of carbonyl (C=O) groups is 4. The third-order valence-electron chi connectivity index (χ3n) is 14.3. The second-order valence-electron chi connectivity index (χ2n) is 18.3. The molecule has 4 unspecified atom stereocenters. The Morgan fingerprint density at radius 2 is 0.877 bits per heavy atom. The van der Waals surface area contributed by atoms with Gasteiger partial charge in [0.25, 0.3) is 0 Å². The molecule has 2 fully saturated rings. The van der Waals surface area contributed by atoms with Gasteiger partial charge in [-0.05, 0) is 124 Å². The van der Waals surface area contributed by atoms with Crippen LogP contribution in [0, 0.1) is 22.7 Å². The summed E-state index contributed by atoms with van der Waals surface area (Å²) in [6, 6.07) is 7.86. The molecular weight excluding hydrogens is 941 g/mol. The summed E-state index contributed by atoms with van der Waals surface area (Å²) in [6.45, 7) is 3.15. The van der Waals surface area contributed by atoms with Gasteiger partial charge in [0.15, 0.2) is 46.0 Å². The first-order valence-corrected chi connectivity index (χ1v) is 23.8. The Bertz CT molecular complexity index is 2640. The number of fused-ring (bicyclic) bond motifs is 4. The molecule has 4 atom stereocenters. The van der Waals surface area contributed by atoms with Gasteiger partial charge in [-0.15, -0.1) is 0 Å². The van der Waals surface area contributed by atoms with Crippen molar-refractivity contribution in [3.8, 4) is 23.0 Å². The quantitative estimate of drug-likeness (QED) is 0.100. The summed E-state index contributed by atoms with van der Waals surface area (Å²) >= 11 is 0. The molecule has 2 aliphatic heterocycles. The maximum Gasteiger partial charge on any atom is 0.238 e. The standard InChI is InChI=1S/2C27H33N3O6.H2O/c2*1-30(12-8-17-15-28-16-18-13-21(34-3)22(35-4)14-19(17)18)11-6-9-27-10-7-20(33-2)24(36-5)23(27)25(31)29-26(27)32;/h2*7,10,13-16,23H,6,8-9,11-12H2,1-5H3,(H,29,31,32);1H2. The van der Waals surface area contributed by atoms with Crippen LogP contribution in [0.2, 0.25) is 0 Å². The van der Waals surface area contributed by atoms with Crippen LogP contribution in [0.1, 0.15) is 36.8 Å². The maximum absolute atomic E-state index is 12.9. The number of benzene rings is 2. The van der Waals surface area contributed by atoms with Crippen LogP contribution in [0.3, 0.4) is 0 Å². The van der Waals surface area contributed by atoms with E-state index >= 15 is 0 Å². The van der Waals surface area contributed by atoms with Crippen molar-refractivity contribution >= 4 is 45.2 Å². The number of nitrogens with one attached hydrogen (secondary N) is 2. The normalized spacial score (nSPS) is 20.8. The lowest BCUT2D eigenvalue weighted by Gasteiger charge is -2.33. The van der Waals surface area contributed by atoms with Gasteiger partial charge in [-0.2, -0.15) is 0 Å². The fourth-order valence-corrected chi connectivity index (χ4v) is 10.4. The van der Waals surface area contributed by atoms with Crippen molar-refractivity contribution in [2.45, 2.75) is 38.5 Å². The van der Waals surface area contributed by atoms with Crippen LogP contribution in [0.5, 0.6) is 23.0 Å². The molecule has 0 saturated carbocycles. The van der Waals surface area contributed by atoms with Crippen molar-refractivity contribution in [3.63, 3.8) is 0 Å². The highest BCUT2D eigenvalue weighted by Gasteiger charge is 2.59. The molecule has 392 valence electrons. The lowest BCUT2D eigenvalue weighted by molar-refractivity contribution is -0.128. The Morgan fingerprint density at radius 3 is 1.22 bits per heavy atom. The zero-order valence-corrected chi connectivity index (χ0v) is 43.3. The average Bonchev–Trinajstić information content (AvgIpc) is 3.80. The van der Waals surface area contributed by atoms with Gasteiger partial charge in [0.1, 0.15) is 11.8 Å². The minimum Gasteiger partial charge on any atom is -0.496 e. The summed E-state index contributed by atoms with van der Waals surface area (Å²) < 4.78 is 43.5. The molecule has 73 heavy (non-hydrogen) atoms. The highest BCUT2D eigenvalue weighted by Crippen LogP contribution is 2.49. The average molecular weight is 1010 g/mol. The topological polar surface area (TPSA) is 230 Å². The van der Waals surface area contributed by atoms with Gasteiger partial charge in [0.2, 0.25) is 23.6 Å². The number of hydrogen-bond donors (Lipinski definition) is 2. The van der Waals surface area contributed by atoms with E-state index in [1.165, 1.54) is 28.4 Å². The van der Waals surface area contributed by atoms with Gasteiger partial charge in [-0.1, -0.05) is 12.2 Å². The number of methoxy groups -OCH3 is 8. The number of pyridine rings is 2. The second kappa shape index (κ2) is 24.0. The first-order valence-electron chi connectivity index (χ1n) is 23.8. The Kier molecular flexibility index (Phi) is 18.1. The zero-order valence-electron chi connectivity index (χ0n) is 43.3. The Morgan fingerprint density at radius 1 is 0.507 bits per heavy atom. The SMILES string of the molecule is COC1=C(OC)C2C(=O)NC(=O)C2(CCCN(C)CCc2cncc3cc(OC)c(OC)cc23)C=C1.COC1=C(OC)C2C(=O)NC(=O)C2(CCCN(C)CCc2cncc3cc(OC)c(OC)cc23)C=C1.O. The number of ether oxygens (including phenoxy) is 8. The molecule has 19 nitrogen and oxygen atoms in total. The Balaban J connectivity index is 0.000000235. The maximum atomic E-state index is 12.9. The van der Waals surface area contributed by atoms with E-state index in [0.717, 1.165) is 84.5 Å². The third-order valence-corrected chi connectivity index (χ3v) is 14.3. The number of aromatic nitrogens is 2. The Labute approximate surface area is 425 Å². The molecular formula is C54H68N6O13. The summed E-state index contributed by atoms with van der Waals surface area (Å²) in [5.74, 6) is 1.76. The summed E-state index contributed by atoms with van der Waals surface area (Å²) in [6.07, 6.45) is 18.6. The van der Waals surface area contributed by atoms with Gasteiger partial charge in [0.05, 0.1) is 67.7 Å². The number of imide groups is 2. The number of allylic oxidation sites excluding steroid dienone is 2. The first kappa shape index (κ1) is 55.1. The summed E-state index contributed by atoms with van der Waals surface area (Å²) in [5.41, 5.74) is 0.329. The van der Waals surface area contributed by atoms with E-state index in [0.29, 0.717) is 58.9 Å². The molecule has 8 rings (SSSR count). The molecule has 0 bridgehead atoms. The third kappa shape index (κ3) is 10.9. The fourth-order valence-electron chi connectivity index (χ4n) is 10.4. The van der Waals surface area contributed by atoms with Crippen molar-refractivity contribution in [2.75, 3.05) is 97.2 Å². The van der Waals surface area contributed by atoms with Crippen molar-refractivity contribution in [1.82, 2.24) is 30.4 Å². The summed E-state index contributed by atoms with van der Waals surface area (Å²) in [5, 5.41) is 9.14. The molecule has 4 aliphatic rings. The molecule has 4 heterocycles. The summed E-state index contributed by atoms with van der Waals surface area (Å²) in [4.78, 5) is 64.2. The highest BCUT2D eigenvalue weighted by atomic mass is 16.5. The number of amides is 4. The number of nitrogens with zero attached hydrogens (tertiary/aromatic N) is 4. The van der Waals surface area contributed by atoms with Gasteiger partial charge in [-0.3, -0.25) is 39.8 Å². The molecule has 2 aromatic carbocycles. The van der Waals surface area contributed by atoms with Crippen LogP contribution in [-0.4, -0.2) is 146 Å². The molecule has 4 N–H and O–H groups in total.